The molecular weight excluding hydrogens is 483 g/mol. The summed E-state index contributed by atoms with van der Waals surface area (Å²) in [5, 5.41) is 6.31. The van der Waals surface area contributed by atoms with Gasteiger partial charge in [-0.1, -0.05) is 18.2 Å². The van der Waals surface area contributed by atoms with Crippen LogP contribution in [0, 0.1) is 0 Å². The zero-order valence-electron chi connectivity index (χ0n) is 15.4. The maximum absolute atomic E-state index is 12.6. The van der Waals surface area contributed by atoms with Crippen LogP contribution in [-0.4, -0.2) is 58.8 Å². The molecule has 0 aromatic heterocycles. The van der Waals surface area contributed by atoms with Crippen LogP contribution in [0.2, 0.25) is 0 Å². The van der Waals surface area contributed by atoms with E-state index in [-0.39, 0.29) is 29.7 Å². The first-order chi connectivity index (χ1) is 12.1. The van der Waals surface area contributed by atoms with Gasteiger partial charge in [0.25, 0.3) is 0 Å². The molecule has 0 bridgehead atoms. The van der Waals surface area contributed by atoms with Crippen molar-refractivity contribution >= 4 is 57.4 Å². The zero-order valence-corrected chi connectivity index (χ0v) is 19.4. The minimum Gasteiger partial charge on any atom is -0.356 e. The molecule has 6 nitrogen and oxygen atoms in total. The molecule has 0 fully saturated rings. The Morgan fingerprint density at radius 3 is 2.69 bits per heavy atom. The number of hydrogen-bond donors (Lipinski definition) is 2. The Bertz CT molecular complexity index is 683. The number of guanidine groups is 1. The average molecular weight is 512 g/mol. The lowest BCUT2D eigenvalue weighted by Crippen LogP contribution is -2.42. The Hall–Kier alpha value is -0.680. The normalized spacial score (nSPS) is 13.9. The van der Waals surface area contributed by atoms with Crippen LogP contribution in [-0.2, 0) is 16.4 Å². The van der Waals surface area contributed by atoms with Gasteiger partial charge in [0.15, 0.2) is 5.96 Å². The molecule has 1 aromatic carbocycles. The minimum absolute atomic E-state index is 0. The molecule has 0 unspecified atom stereocenters. The molecule has 1 aliphatic heterocycles. The Morgan fingerprint density at radius 2 is 1.96 bits per heavy atom. The van der Waals surface area contributed by atoms with Crippen LogP contribution in [0.1, 0.15) is 18.4 Å². The zero-order chi connectivity index (χ0) is 18.1. The third-order valence-electron chi connectivity index (χ3n) is 4.12. The summed E-state index contributed by atoms with van der Waals surface area (Å²) < 4.78 is 26.8. The van der Waals surface area contributed by atoms with E-state index < -0.39 is 10.0 Å². The molecule has 0 saturated heterocycles. The standard InChI is InChI=1S/C17H28N4O2S2.HI/c1-18-17(19-10-5-6-13-24-2)20-11-14-25(22,23)21-12-9-15-7-3-4-8-16(15)21;/h3-4,7-8H,5-6,9-14H2,1-2H3,(H2,18,19,20);1H. The second-order valence-corrected chi connectivity index (χ2v) is 8.89. The summed E-state index contributed by atoms with van der Waals surface area (Å²) in [6, 6.07) is 7.70. The van der Waals surface area contributed by atoms with Crippen molar-refractivity contribution in [1.29, 1.82) is 0 Å². The Morgan fingerprint density at radius 1 is 1.23 bits per heavy atom. The van der Waals surface area contributed by atoms with E-state index in [2.05, 4.69) is 21.9 Å². The third-order valence-corrected chi connectivity index (χ3v) is 6.59. The monoisotopic (exact) mass is 512 g/mol. The van der Waals surface area contributed by atoms with Crippen LogP contribution in [0.15, 0.2) is 29.3 Å². The lowest BCUT2D eigenvalue weighted by molar-refractivity contribution is 0.590. The van der Waals surface area contributed by atoms with Crippen molar-refractivity contribution in [1.82, 2.24) is 10.6 Å². The predicted octanol–water partition coefficient (Wildman–Crippen LogP) is 2.31. The number of fused-ring (bicyclic) bond motifs is 1. The smallest absolute Gasteiger partial charge is 0.236 e. The SMILES string of the molecule is CN=C(NCCCCSC)NCCS(=O)(=O)N1CCc2ccccc21.I. The molecule has 2 N–H and O–H groups in total. The van der Waals surface area contributed by atoms with Gasteiger partial charge in [0.05, 0.1) is 11.4 Å². The highest BCUT2D eigenvalue weighted by atomic mass is 127. The Balaban J connectivity index is 0.00000338. The molecule has 26 heavy (non-hydrogen) atoms. The molecule has 0 saturated carbocycles. The van der Waals surface area contributed by atoms with Gasteiger partial charge in [0.1, 0.15) is 0 Å². The van der Waals surface area contributed by atoms with Crippen molar-refractivity contribution in [2.75, 3.05) is 48.7 Å². The highest BCUT2D eigenvalue weighted by Gasteiger charge is 2.28. The van der Waals surface area contributed by atoms with E-state index in [1.165, 1.54) is 4.31 Å². The topological polar surface area (TPSA) is 73.8 Å². The highest BCUT2D eigenvalue weighted by Crippen LogP contribution is 2.29. The van der Waals surface area contributed by atoms with Crippen molar-refractivity contribution in [3.8, 4) is 0 Å². The number of aliphatic imine (C=N–C) groups is 1. The van der Waals surface area contributed by atoms with Crippen LogP contribution >= 0.6 is 35.7 Å². The van der Waals surface area contributed by atoms with Crippen LogP contribution in [0.25, 0.3) is 0 Å². The van der Waals surface area contributed by atoms with Crippen LogP contribution < -0.4 is 14.9 Å². The number of sulfonamides is 1. The number of nitrogens with one attached hydrogen (secondary N) is 2. The Labute approximate surface area is 178 Å². The van der Waals surface area contributed by atoms with Crippen molar-refractivity contribution in [2.24, 2.45) is 4.99 Å². The lowest BCUT2D eigenvalue weighted by Gasteiger charge is -2.20. The number of thioether (sulfide) groups is 1. The summed E-state index contributed by atoms with van der Waals surface area (Å²) in [5.41, 5.74) is 1.92. The quantitative estimate of drug-likeness (QED) is 0.230. The molecule has 2 rings (SSSR count). The van der Waals surface area contributed by atoms with Gasteiger partial charge in [0.2, 0.25) is 10.0 Å². The van der Waals surface area contributed by atoms with E-state index in [1.807, 2.05) is 36.0 Å². The molecule has 0 spiro atoms. The molecule has 0 atom stereocenters. The minimum atomic E-state index is -3.32. The van der Waals surface area contributed by atoms with Gasteiger partial charge >= 0.3 is 0 Å². The molecule has 9 heteroatoms. The molecule has 148 valence electrons. The van der Waals surface area contributed by atoms with Crippen molar-refractivity contribution in [3.05, 3.63) is 29.8 Å². The number of rotatable bonds is 9. The van der Waals surface area contributed by atoms with Crippen molar-refractivity contribution in [3.63, 3.8) is 0 Å². The van der Waals surface area contributed by atoms with Crippen LogP contribution in [0.3, 0.4) is 0 Å². The van der Waals surface area contributed by atoms with E-state index in [1.54, 1.807) is 7.05 Å². The molecular formula is C17H29IN4O2S2. The summed E-state index contributed by atoms with van der Waals surface area (Å²) >= 11 is 1.85. The highest BCUT2D eigenvalue weighted by molar-refractivity contribution is 14.0. The van der Waals surface area contributed by atoms with Gasteiger partial charge < -0.3 is 10.6 Å². The number of anilines is 1. The summed E-state index contributed by atoms with van der Waals surface area (Å²) in [4.78, 5) is 4.14. The Kier molecular flexibility index (Phi) is 10.7. The number of hydrogen-bond acceptors (Lipinski definition) is 4. The molecule has 1 aromatic rings. The molecule has 0 radical (unpaired) electrons. The fourth-order valence-electron chi connectivity index (χ4n) is 2.80. The lowest BCUT2D eigenvalue weighted by atomic mass is 10.2. The molecule has 1 aliphatic rings. The fraction of sp³-hybridized carbons (Fsp3) is 0.588. The van der Waals surface area contributed by atoms with Gasteiger partial charge in [-0.3, -0.25) is 9.30 Å². The first-order valence-corrected chi connectivity index (χ1v) is 11.6. The van der Waals surface area contributed by atoms with Crippen molar-refractivity contribution in [2.45, 2.75) is 19.3 Å². The first kappa shape index (κ1) is 23.4. The van der Waals surface area contributed by atoms with Gasteiger partial charge in [-0.15, -0.1) is 24.0 Å². The van der Waals surface area contributed by atoms with Gasteiger partial charge in [-0.25, -0.2) is 8.42 Å². The number of halogens is 1. The van der Waals surface area contributed by atoms with E-state index in [0.29, 0.717) is 19.0 Å². The number of unbranched alkanes of at least 4 members (excludes halogenated alkanes) is 1. The van der Waals surface area contributed by atoms with E-state index >= 15 is 0 Å². The van der Waals surface area contributed by atoms with Gasteiger partial charge in [-0.2, -0.15) is 11.8 Å². The maximum Gasteiger partial charge on any atom is 0.236 e. The summed E-state index contributed by atoms with van der Waals surface area (Å²) in [6.45, 7) is 1.71. The third kappa shape index (κ3) is 6.80. The maximum atomic E-state index is 12.6. The largest absolute Gasteiger partial charge is 0.356 e. The van der Waals surface area contributed by atoms with Crippen molar-refractivity contribution < 1.29 is 8.42 Å². The average Bonchev–Trinajstić information content (AvgIpc) is 3.05. The molecule has 0 aliphatic carbocycles. The van der Waals surface area contributed by atoms with Crippen LogP contribution in [0.4, 0.5) is 5.69 Å². The fourth-order valence-corrected chi connectivity index (χ4v) is 4.72. The van der Waals surface area contributed by atoms with Gasteiger partial charge in [-0.05, 0) is 42.9 Å². The van der Waals surface area contributed by atoms with E-state index in [4.69, 9.17) is 0 Å². The molecule has 1 heterocycles. The van der Waals surface area contributed by atoms with E-state index in [9.17, 15) is 8.42 Å². The second-order valence-electron chi connectivity index (χ2n) is 5.89. The predicted molar refractivity (Wildman–Crippen MR) is 124 cm³/mol. The number of benzene rings is 1. The van der Waals surface area contributed by atoms with E-state index in [0.717, 1.165) is 42.8 Å². The number of para-hydroxylation sites is 1. The summed E-state index contributed by atoms with van der Waals surface area (Å²) in [6.07, 6.45) is 5.12. The molecule has 0 amide bonds. The first-order valence-electron chi connectivity index (χ1n) is 8.60. The summed E-state index contributed by atoms with van der Waals surface area (Å²) in [7, 11) is -1.63. The number of nitrogens with zero attached hydrogens (tertiary/aromatic N) is 2. The van der Waals surface area contributed by atoms with Gasteiger partial charge in [0, 0.05) is 26.7 Å². The summed E-state index contributed by atoms with van der Waals surface area (Å²) in [5.74, 6) is 1.86. The van der Waals surface area contributed by atoms with Crippen LogP contribution in [0.5, 0.6) is 0 Å². The second kappa shape index (κ2) is 11.9.